The molecule has 0 saturated heterocycles. The Bertz CT molecular complexity index is 891. The summed E-state index contributed by atoms with van der Waals surface area (Å²) in [5, 5.41) is 12.3. The summed E-state index contributed by atoms with van der Waals surface area (Å²) in [6.07, 6.45) is 3.65. The summed E-state index contributed by atoms with van der Waals surface area (Å²) in [6, 6.07) is 21.6. The van der Waals surface area contributed by atoms with Crippen LogP contribution in [0.15, 0.2) is 78.0 Å². The van der Waals surface area contributed by atoms with Crippen molar-refractivity contribution in [1.82, 2.24) is 0 Å². The molecule has 4 rings (SSSR count). The molecule has 2 aromatic rings. The molecule has 28 heavy (non-hydrogen) atoms. The minimum Gasteiger partial charge on any atom is -0.393 e. The molecule has 146 valence electrons. The highest BCUT2D eigenvalue weighted by Crippen LogP contribution is 2.60. The molecule has 0 heterocycles. The van der Waals surface area contributed by atoms with Crippen molar-refractivity contribution in [2.75, 3.05) is 0 Å². The van der Waals surface area contributed by atoms with Crippen LogP contribution in [0.25, 0.3) is 5.57 Å². The molecule has 1 nitrogen and oxygen atoms in total. The van der Waals surface area contributed by atoms with Gasteiger partial charge in [0.15, 0.2) is 0 Å². The predicted molar refractivity (Wildman–Crippen MR) is 122 cm³/mol. The molecule has 2 heteroatoms. The van der Waals surface area contributed by atoms with E-state index in [1.807, 2.05) is 0 Å². The van der Waals surface area contributed by atoms with Gasteiger partial charge >= 0.3 is 0 Å². The molecule has 0 amide bonds. The van der Waals surface area contributed by atoms with Gasteiger partial charge in [0.2, 0.25) is 0 Å². The maximum atomic E-state index is 10.7. The summed E-state index contributed by atoms with van der Waals surface area (Å²) in [4.78, 5) is 0. The van der Waals surface area contributed by atoms with Crippen molar-refractivity contribution in [2.45, 2.75) is 51.4 Å². The standard InChI is InChI=1S/C26H32OSi/c1-19-23-15-22(27)17-26(23,16-20-11-7-5-8-12-20)18-24(28(2,3)4)25(19)21-13-9-6-10-14-21/h5-14,22-23,27H,1,15-18H2,2-4H3/t22-,23+,26+/m0/s1. The number of aliphatic hydroxyl groups excluding tert-OH is 1. The lowest BCUT2D eigenvalue weighted by atomic mass is 9.63. The van der Waals surface area contributed by atoms with E-state index < -0.39 is 8.07 Å². The lowest BCUT2D eigenvalue weighted by Gasteiger charge is -2.46. The molecule has 0 aromatic heterocycles. The van der Waals surface area contributed by atoms with Gasteiger partial charge in [0.05, 0.1) is 14.2 Å². The Balaban J connectivity index is 1.85. The minimum atomic E-state index is -1.55. The quantitative estimate of drug-likeness (QED) is 0.611. The minimum absolute atomic E-state index is 0.103. The van der Waals surface area contributed by atoms with E-state index in [4.69, 9.17) is 0 Å². The maximum absolute atomic E-state index is 10.7. The molecule has 0 aliphatic heterocycles. The molecule has 1 saturated carbocycles. The van der Waals surface area contributed by atoms with E-state index in [0.717, 1.165) is 25.7 Å². The Morgan fingerprint density at radius 3 is 2.21 bits per heavy atom. The number of hydrogen-bond acceptors (Lipinski definition) is 1. The summed E-state index contributed by atoms with van der Waals surface area (Å²) in [5.41, 5.74) is 5.46. The van der Waals surface area contributed by atoms with E-state index in [-0.39, 0.29) is 11.5 Å². The SMILES string of the molecule is C=C1C(c2ccccc2)=C([Si](C)(C)C)C[C@@]2(Cc3ccccc3)C[C@@H](O)C[C@H]12. The number of hydrogen-bond donors (Lipinski definition) is 1. The topological polar surface area (TPSA) is 20.2 Å². The number of allylic oxidation sites excluding steroid dienone is 3. The summed E-state index contributed by atoms with van der Waals surface area (Å²) in [5.74, 6) is 0.359. The van der Waals surface area contributed by atoms with Gasteiger partial charge in [-0.05, 0) is 59.3 Å². The van der Waals surface area contributed by atoms with Gasteiger partial charge in [-0.25, -0.2) is 0 Å². The first-order valence-electron chi connectivity index (χ1n) is 10.5. The molecule has 2 aliphatic carbocycles. The zero-order valence-corrected chi connectivity index (χ0v) is 18.4. The van der Waals surface area contributed by atoms with Crippen molar-refractivity contribution in [1.29, 1.82) is 0 Å². The third-order valence-electron chi connectivity index (χ3n) is 6.83. The normalized spacial score (nSPS) is 27.8. The second-order valence-corrected chi connectivity index (χ2v) is 14.9. The largest absolute Gasteiger partial charge is 0.393 e. The van der Waals surface area contributed by atoms with Crippen LogP contribution in [0, 0.1) is 11.3 Å². The number of benzene rings is 2. The first-order chi connectivity index (χ1) is 13.3. The van der Waals surface area contributed by atoms with E-state index >= 15 is 0 Å². The van der Waals surface area contributed by atoms with E-state index in [9.17, 15) is 5.11 Å². The van der Waals surface area contributed by atoms with Gasteiger partial charge in [-0.3, -0.25) is 0 Å². The molecular weight excluding hydrogens is 356 g/mol. The van der Waals surface area contributed by atoms with Crippen LogP contribution in [0.5, 0.6) is 0 Å². The fourth-order valence-electron chi connectivity index (χ4n) is 5.60. The highest BCUT2D eigenvalue weighted by atomic mass is 28.3. The Morgan fingerprint density at radius 1 is 1.00 bits per heavy atom. The van der Waals surface area contributed by atoms with Crippen molar-refractivity contribution in [3.8, 4) is 0 Å². The molecular formula is C26H32OSi. The molecule has 1 N–H and O–H groups in total. The van der Waals surface area contributed by atoms with E-state index in [1.165, 1.54) is 22.3 Å². The lowest BCUT2D eigenvalue weighted by molar-refractivity contribution is 0.155. The fraction of sp³-hybridized carbons (Fsp3) is 0.385. The Kier molecular flexibility index (Phi) is 4.97. The molecule has 1 fully saturated rings. The van der Waals surface area contributed by atoms with Crippen molar-refractivity contribution < 1.29 is 5.11 Å². The number of rotatable bonds is 4. The monoisotopic (exact) mass is 388 g/mol. The molecule has 2 aliphatic rings. The van der Waals surface area contributed by atoms with Crippen LogP contribution in [-0.2, 0) is 6.42 Å². The van der Waals surface area contributed by atoms with Gasteiger partial charge in [0.1, 0.15) is 0 Å². The average molecular weight is 389 g/mol. The Hall–Kier alpha value is -1.90. The van der Waals surface area contributed by atoms with Gasteiger partial charge in [-0.2, -0.15) is 0 Å². The highest BCUT2D eigenvalue weighted by molar-refractivity contribution is 6.84. The smallest absolute Gasteiger partial charge is 0.0732 e. The van der Waals surface area contributed by atoms with Gasteiger partial charge < -0.3 is 5.11 Å². The van der Waals surface area contributed by atoms with E-state index in [1.54, 1.807) is 5.20 Å². The highest BCUT2D eigenvalue weighted by Gasteiger charge is 2.52. The van der Waals surface area contributed by atoms with Crippen molar-refractivity contribution in [2.24, 2.45) is 11.3 Å². The van der Waals surface area contributed by atoms with Crippen LogP contribution in [0.2, 0.25) is 19.6 Å². The second-order valence-electron chi connectivity index (χ2n) is 9.84. The van der Waals surface area contributed by atoms with Crippen LogP contribution in [-0.4, -0.2) is 19.3 Å². The zero-order valence-electron chi connectivity index (χ0n) is 17.4. The summed E-state index contributed by atoms with van der Waals surface area (Å²) < 4.78 is 0. The zero-order chi connectivity index (χ0) is 19.9. The van der Waals surface area contributed by atoms with Crippen LogP contribution in [0.1, 0.15) is 30.4 Å². The average Bonchev–Trinajstić information content (AvgIpc) is 2.99. The van der Waals surface area contributed by atoms with E-state index in [2.05, 4.69) is 86.9 Å². The molecule has 3 atom stereocenters. The Labute approximate surface area is 170 Å². The van der Waals surface area contributed by atoms with Crippen LogP contribution in [0.4, 0.5) is 0 Å². The third kappa shape index (κ3) is 3.44. The molecule has 0 radical (unpaired) electrons. The van der Waals surface area contributed by atoms with E-state index in [0.29, 0.717) is 5.92 Å². The van der Waals surface area contributed by atoms with Crippen molar-refractivity contribution >= 4 is 13.6 Å². The summed E-state index contributed by atoms with van der Waals surface area (Å²) in [6.45, 7) is 12.0. The maximum Gasteiger partial charge on any atom is 0.0732 e. The van der Waals surface area contributed by atoms with Crippen molar-refractivity contribution in [3.63, 3.8) is 0 Å². The summed E-state index contributed by atoms with van der Waals surface area (Å²) in [7, 11) is -1.55. The van der Waals surface area contributed by atoms with Crippen LogP contribution < -0.4 is 0 Å². The van der Waals surface area contributed by atoms with Crippen molar-refractivity contribution in [3.05, 3.63) is 89.1 Å². The first-order valence-corrected chi connectivity index (χ1v) is 14.0. The second kappa shape index (κ2) is 7.17. The van der Waals surface area contributed by atoms with Crippen LogP contribution >= 0.6 is 0 Å². The first kappa shape index (κ1) is 19.4. The third-order valence-corrected chi connectivity index (χ3v) is 9.07. The molecule has 0 unspecified atom stereocenters. The van der Waals surface area contributed by atoms with Gasteiger partial charge in [-0.1, -0.05) is 92.1 Å². The molecule has 0 spiro atoms. The van der Waals surface area contributed by atoms with Gasteiger partial charge in [0, 0.05) is 0 Å². The molecule has 0 bridgehead atoms. The molecule has 2 aromatic carbocycles. The number of aliphatic hydroxyl groups is 1. The summed E-state index contributed by atoms with van der Waals surface area (Å²) >= 11 is 0. The lowest BCUT2D eigenvalue weighted by Crippen LogP contribution is -2.40. The number of fused-ring (bicyclic) bond motifs is 1. The van der Waals surface area contributed by atoms with Gasteiger partial charge in [-0.15, -0.1) is 0 Å². The fourth-order valence-corrected chi connectivity index (χ4v) is 7.53. The Morgan fingerprint density at radius 2 is 1.61 bits per heavy atom. The van der Waals surface area contributed by atoms with Gasteiger partial charge in [0.25, 0.3) is 0 Å². The van der Waals surface area contributed by atoms with Crippen LogP contribution in [0.3, 0.4) is 0 Å². The predicted octanol–water partition coefficient (Wildman–Crippen LogP) is 6.28.